The predicted molar refractivity (Wildman–Crippen MR) is 47.1 cm³/mol. The molecule has 0 spiro atoms. The largest absolute Gasteiger partial charge is 0.688 e. The van der Waals surface area contributed by atoms with Gasteiger partial charge in [-0.3, -0.25) is 0 Å². The molecule has 2 N–H and O–H groups in total. The van der Waals surface area contributed by atoms with Crippen LogP contribution in [0.25, 0.3) is 5.32 Å². The molecule has 0 saturated carbocycles. The topological polar surface area (TPSA) is 58.2 Å². The van der Waals surface area contributed by atoms with E-state index in [9.17, 15) is 5.11 Å². The lowest BCUT2D eigenvalue weighted by molar-refractivity contribution is 0.0969. The molecule has 0 amide bonds. The van der Waals surface area contributed by atoms with Crippen LogP contribution in [0.4, 0.5) is 0 Å². The van der Waals surface area contributed by atoms with Crippen molar-refractivity contribution in [1.29, 1.82) is 5.41 Å². The smallest absolute Gasteiger partial charge is 0.0432 e. The number of hydrogen-bond acceptors (Lipinski definition) is 2. The Morgan fingerprint density at radius 2 is 2.18 bits per heavy atom. The van der Waals surface area contributed by atoms with E-state index in [0.29, 0.717) is 12.3 Å². The molecule has 0 aromatic carbocycles. The molecule has 0 aliphatic heterocycles. The molecule has 0 saturated heterocycles. The van der Waals surface area contributed by atoms with Gasteiger partial charge >= 0.3 is 0 Å². The summed E-state index contributed by atoms with van der Waals surface area (Å²) < 4.78 is 0. The number of aliphatic hydroxyl groups is 1. The van der Waals surface area contributed by atoms with Gasteiger partial charge in [-0.15, -0.1) is 6.54 Å². The van der Waals surface area contributed by atoms with Crippen molar-refractivity contribution < 1.29 is 5.11 Å². The highest BCUT2D eigenvalue weighted by molar-refractivity contribution is 5.90. The van der Waals surface area contributed by atoms with Gasteiger partial charge in [0.05, 0.1) is 0 Å². The molecule has 0 fully saturated rings. The number of rotatable bonds is 4. The molecule has 11 heavy (non-hydrogen) atoms. The van der Waals surface area contributed by atoms with E-state index in [2.05, 4.69) is 5.32 Å². The maximum Gasteiger partial charge on any atom is 0.0432 e. The molecule has 0 rings (SSSR count). The van der Waals surface area contributed by atoms with Gasteiger partial charge in [0.2, 0.25) is 0 Å². The van der Waals surface area contributed by atoms with Crippen molar-refractivity contribution in [1.82, 2.24) is 0 Å². The Kier molecular flexibility index (Phi) is 3.82. The van der Waals surface area contributed by atoms with E-state index in [1.54, 1.807) is 33.0 Å². The van der Waals surface area contributed by atoms with Crippen LogP contribution in [-0.4, -0.2) is 23.0 Å². The van der Waals surface area contributed by atoms with Crippen LogP contribution < -0.4 is 0 Å². The standard InChI is InChI=1S/C8H15N2O/c1-7(9)4-5-10-6-8(2,3)11/h4-5,9,11H,6H2,1-3H3/q-1/b5-4-,9-7?. The molecule has 0 heterocycles. The minimum Gasteiger partial charge on any atom is -0.688 e. The van der Waals surface area contributed by atoms with E-state index in [-0.39, 0.29) is 0 Å². The molecule has 64 valence electrons. The number of nitrogens with zero attached hydrogens (tertiary/aromatic N) is 1. The quantitative estimate of drug-likeness (QED) is 0.596. The molecule has 0 atom stereocenters. The summed E-state index contributed by atoms with van der Waals surface area (Å²) in [4.78, 5) is 0. The third-order valence-electron chi connectivity index (χ3n) is 0.908. The second kappa shape index (κ2) is 4.13. The van der Waals surface area contributed by atoms with Gasteiger partial charge in [0.15, 0.2) is 0 Å². The van der Waals surface area contributed by atoms with Crippen LogP contribution in [0.15, 0.2) is 12.3 Å². The summed E-state index contributed by atoms with van der Waals surface area (Å²) in [7, 11) is 0. The average molecular weight is 155 g/mol. The normalized spacial score (nSPS) is 12.0. The van der Waals surface area contributed by atoms with E-state index in [1.165, 1.54) is 0 Å². The first-order chi connectivity index (χ1) is 4.92. The molecule has 0 bridgehead atoms. The van der Waals surface area contributed by atoms with Crippen LogP contribution in [0.2, 0.25) is 0 Å². The Balaban J connectivity index is 3.50. The summed E-state index contributed by atoms with van der Waals surface area (Å²) in [6.07, 6.45) is 3.13. The Hall–Kier alpha value is -0.830. The fraction of sp³-hybridized carbons (Fsp3) is 0.625. The molecular formula is C8H15N2O-. The van der Waals surface area contributed by atoms with Crippen molar-refractivity contribution in [3.63, 3.8) is 0 Å². The molecule has 0 radical (unpaired) electrons. The Morgan fingerprint density at radius 3 is 2.55 bits per heavy atom. The van der Waals surface area contributed by atoms with E-state index >= 15 is 0 Å². The van der Waals surface area contributed by atoms with Crippen LogP contribution >= 0.6 is 0 Å². The second-order valence-electron chi connectivity index (χ2n) is 3.15. The van der Waals surface area contributed by atoms with Gasteiger partial charge in [0.1, 0.15) is 0 Å². The van der Waals surface area contributed by atoms with Gasteiger partial charge in [0.25, 0.3) is 0 Å². The lowest BCUT2D eigenvalue weighted by atomic mass is 10.1. The van der Waals surface area contributed by atoms with Crippen molar-refractivity contribution >= 4 is 5.71 Å². The average Bonchev–Trinajstić information content (AvgIpc) is 1.78. The zero-order valence-corrected chi connectivity index (χ0v) is 7.26. The molecule has 0 aromatic heterocycles. The van der Waals surface area contributed by atoms with Gasteiger partial charge in [-0.05, 0) is 20.8 Å². The Morgan fingerprint density at radius 1 is 1.64 bits per heavy atom. The fourth-order valence-corrected chi connectivity index (χ4v) is 0.441. The minimum atomic E-state index is -0.750. The summed E-state index contributed by atoms with van der Waals surface area (Å²) in [6, 6.07) is 0. The van der Waals surface area contributed by atoms with Crippen molar-refractivity contribution in [2.24, 2.45) is 0 Å². The monoisotopic (exact) mass is 155 g/mol. The van der Waals surface area contributed by atoms with E-state index in [0.717, 1.165) is 0 Å². The molecule has 0 aromatic rings. The summed E-state index contributed by atoms with van der Waals surface area (Å²) in [5.74, 6) is 0. The van der Waals surface area contributed by atoms with Crippen molar-refractivity contribution in [3.8, 4) is 0 Å². The lowest BCUT2D eigenvalue weighted by Gasteiger charge is -2.26. The van der Waals surface area contributed by atoms with Crippen molar-refractivity contribution in [2.45, 2.75) is 26.4 Å². The molecule has 3 nitrogen and oxygen atoms in total. The minimum absolute atomic E-state index is 0.372. The van der Waals surface area contributed by atoms with Gasteiger partial charge in [0, 0.05) is 11.3 Å². The fourth-order valence-electron chi connectivity index (χ4n) is 0.441. The first-order valence-electron chi connectivity index (χ1n) is 3.52. The molecular weight excluding hydrogens is 140 g/mol. The first-order valence-corrected chi connectivity index (χ1v) is 3.52. The number of hydrogen-bond donors (Lipinski definition) is 2. The van der Waals surface area contributed by atoms with Crippen molar-refractivity contribution in [3.05, 3.63) is 17.6 Å². The first kappa shape index (κ1) is 10.2. The predicted octanol–water partition coefficient (Wildman–Crippen LogP) is 1.68. The van der Waals surface area contributed by atoms with Crippen LogP contribution in [0.1, 0.15) is 20.8 Å². The van der Waals surface area contributed by atoms with E-state index < -0.39 is 5.60 Å². The lowest BCUT2D eigenvalue weighted by Crippen LogP contribution is -2.22. The second-order valence-corrected chi connectivity index (χ2v) is 3.15. The third kappa shape index (κ3) is 9.17. The van der Waals surface area contributed by atoms with Gasteiger partial charge in [-0.2, -0.15) is 6.20 Å². The molecule has 0 aliphatic rings. The third-order valence-corrected chi connectivity index (χ3v) is 0.908. The van der Waals surface area contributed by atoms with Gasteiger partial charge < -0.3 is 15.8 Å². The zero-order valence-electron chi connectivity index (χ0n) is 7.26. The maximum atomic E-state index is 9.20. The number of allylic oxidation sites excluding steroid dienone is 1. The Labute approximate surface area is 67.6 Å². The summed E-state index contributed by atoms with van der Waals surface area (Å²) >= 11 is 0. The highest BCUT2D eigenvalue weighted by Gasteiger charge is 2.03. The van der Waals surface area contributed by atoms with Crippen LogP contribution in [0.5, 0.6) is 0 Å². The SMILES string of the molecule is CC(=N)/C=C\[N-]CC(C)(C)O. The summed E-state index contributed by atoms with van der Waals surface area (Å²) in [5, 5.41) is 20.1. The Bertz CT molecular complexity index is 156. The van der Waals surface area contributed by atoms with E-state index in [1.807, 2.05) is 0 Å². The van der Waals surface area contributed by atoms with Crippen LogP contribution in [0.3, 0.4) is 0 Å². The molecule has 3 heteroatoms. The maximum absolute atomic E-state index is 9.20. The van der Waals surface area contributed by atoms with Crippen LogP contribution in [-0.2, 0) is 0 Å². The summed E-state index contributed by atoms with van der Waals surface area (Å²) in [5.41, 5.74) is -0.287. The number of nitrogens with one attached hydrogen (secondary N) is 1. The highest BCUT2D eigenvalue weighted by atomic mass is 16.3. The summed E-state index contributed by atoms with van der Waals surface area (Å²) in [6.45, 7) is 5.44. The van der Waals surface area contributed by atoms with Crippen LogP contribution in [0, 0.1) is 5.41 Å². The molecule has 0 unspecified atom stereocenters. The molecule has 0 aliphatic carbocycles. The van der Waals surface area contributed by atoms with Gasteiger partial charge in [-0.25, -0.2) is 0 Å². The van der Waals surface area contributed by atoms with Crippen molar-refractivity contribution in [2.75, 3.05) is 6.54 Å². The van der Waals surface area contributed by atoms with Gasteiger partial charge in [-0.1, -0.05) is 6.08 Å². The van der Waals surface area contributed by atoms with E-state index in [4.69, 9.17) is 5.41 Å². The zero-order chi connectivity index (χ0) is 8.91. The highest BCUT2D eigenvalue weighted by Crippen LogP contribution is 2.05.